The van der Waals surface area contributed by atoms with Crippen LogP contribution >= 0.6 is 0 Å². The maximum absolute atomic E-state index is 11.8. The van der Waals surface area contributed by atoms with Crippen LogP contribution in [0.2, 0.25) is 0 Å². The molecule has 0 unspecified atom stereocenters. The summed E-state index contributed by atoms with van der Waals surface area (Å²) in [7, 11) is 0. The minimum atomic E-state index is -0.232. The minimum Gasteiger partial charge on any atom is -0.508 e. The molecule has 0 atom stereocenters. The molecule has 1 amide bonds. The molecule has 3 heteroatoms. The number of aromatic hydroxyl groups is 1. The minimum absolute atomic E-state index is 0.0848. The maximum atomic E-state index is 11.8. The molecule has 0 aliphatic carbocycles. The van der Waals surface area contributed by atoms with E-state index < -0.39 is 0 Å². The Morgan fingerprint density at radius 2 is 1.82 bits per heavy atom. The molecule has 2 rings (SSSR count). The van der Waals surface area contributed by atoms with Crippen molar-refractivity contribution < 1.29 is 9.90 Å². The molecule has 2 N–H and O–H groups in total. The van der Waals surface area contributed by atoms with Crippen molar-refractivity contribution in [2.24, 2.45) is 0 Å². The third-order valence-electron chi connectivity index (χ3n) is 2.42. The van der Waals surface area contributed by atoms with Gasteiger partial charge in [-0.05, 0) is 37.3 Å². The first-order chi connectivity index (χ1) is 8.15. The van der Waals surface area contributed by atoms with Crippen molar-refractivity contribution >= 4 is 11.6 Å². The molecule has 0 saturated carbocycles. The van der Waals surface area contributed by atoms with Crippen LogP contribution in [0.3, 0.4) is 0 Å². The number of nitrogens with one attached hydrogen (secondary N) is 1. The zero-order valence-electron chi connectivity index (χ0n) is 9.47. The number of phenols is 1. The van der Waals surface area contributed by atoms with E-state index >= 15 is 0 Å². The summed E-state index contributed by atoms with van der Waals surface area (Å²) >= 11 is 0. The fourth-order valence-corrected chi connectivity index (χ4v) is 1.49. The van der Waals surface area contributed by atoms with E-state index in [4.69, 9.17) is 0 Å². The second-order valence-corrected chi connectivity index (χ2v) is 3.87. The van der Waals surface area contributed by atoms with Crippen LogP contribution in [-0.2, 0) is 0 Å². The van der Waals surface area contributed by atoms with Crippen molar-refractivity contribution in [2.75, 3.05) is 5.32 Å². The van der Waals surface area contributed by atoms with Crippen molar-refractivity contribution in [3.05, 3.63) is 59.7 Å². The summed E-state index contributed by atoms with van der Waals surface area (Å²) in [5.74, 6) is -0.147. The number of benzene rings is 2. The molecule has 0 aliphatic rings. The number of hydrogen-bond acceptors (Lipinski definition) is 2. The Labute approximate surface area is 99.7 Å². The zero-order chi connectivity index (χ0) is 12.3. The highest BCUT2D eigenvalue weighted by atomic mass is 16.3. The molecule has 0 saturated heterocycles. The van der Waals surface area contributed by atoms with Crippen LogP contribution in [0, 0.1) is 6.92 Å². The summed E-state index contributed by atoms with van der Waals surface area (Å²) in [5, 5.41) is 12.0. The summed E-state index contributed by atoms with van der Waals surface area (Å²) in [6.07, 6.45) is 0. The molecule has 2 aromatic carbocycles. The van der Waals surface area contributed by atoms with E-state index in [0.717, 1.165) is 11.3 Å². The first kappa shape index (κ1) is 11.2. The van der Waals surface area contributed by atoms with Crippen LogP contribution < -0.4 is 5.32 Å². The average molecular weight is 227 g/mol. The molecule has 0 fully saturated rings. The highest BCUT2D eigenvalue weighted by Crippen LogP contribution is 2.14. The summed E-state index contributed by atoms with van der Waals surface area (Å²) in [5.41, 5.74) is 2.31. The normalized spacial score (nSPS) is 9.94. The molecule has 0 radical (unpaired) electrons. The monoisotopic (exact) mass is 227 g/mol. The molecule has 86 valence electrons. The van der Waals surface area contributed by atoms with Crippen molar-refractivity contribution in [3.8, 4) is 5.75 Å². The predicted molar refractivity (Wildman–Crippen MR) is 67.2 cm³/mol. The zero-order valence-corrected chi connectivity index (χ0v) is 9.47. The quantitative estimate of drug-likeness (QED) is 0.828. The van der Waals surface area contributed by atoms with Gasteiger partial charge < -0.3 is 10.4 Å². The van der Waals surface area contributed by atoms with Gasteiger partial charge in [0.2, 0.25) is 0 Å². The van der Waals surface area contributed by atoms with Crippen LogP contribution in [0.15, 0.2) is 48.5 Å². The molecule has 0 heterocycles. The lowest BCUT2D eigenvalue weighted by molar-refractivity contribution is 0.102. The van der Waals surface area contributed by atoms with E-state index in [1.54, 1.807) is 12.1 Å². The molecule has 17 heavy (non-hydrogen) atoms. The lowest BCUT2D eigenvalue weighted by atomic mass is 10.2. The van der Waals surface area contributed by atoms with E-state index in [1.165, 1.54) is 12.1 Å². The molecule has 0 aromatic heterocycles. The van der Waals surface area contributed by atoms with E-state index in [2.05, 4.69) is 5.32 Å². The number of amides is 1. The molecule has 2 aromatic rings. The summed E-state index contributed by atoms with van der Waals surface area (Å²) in [6.45, 7) is 1.99. The fourth-order valence-electron chi connectivity index (χ4n) is 1.49. The van der Waals surface area contributed by atoms with E-state index in [-0.39, 0.29) is 11.7 Å². The molecular weight excluding hydrogens is 214 g/mol. The van der Waals surface area contributed by atoms with Crippen LogP contribution in [0.1, 0.15) is 15.9 Å². The Kier molecular flexibility index (Phi) is 3.10. The first-order valence-corrected chi connectivity index (χ1v) is 5.32. The van der Waals surface area contributed by atoms with Gasteiger partial charge in [-0.2, -0.15) is 0 Å². The second kappa shape index (κ2) is 4.70. The number of anilines is 1. The highest BCUT2D eigenvalue weighted by molar-refractivity contribution is 6.04. The van der Waals surface area contributed by atoms with Crippen molar-refractivity contribution in [1.29, 1.82) is 0 Å². The number of hydrogen-bond donors (Lipinski definition) is 2. The van der Waals surface area contributed by atoms with Gasteiger partial charge in [0.1, 0.15) is 5.75 Å². The summed E-state index contributed by atoms with van der Waals surface area (Å²) in [6, 6.07) is 13.8. The highest BCUT2D eigenvalue weighted by Gasteiger charge is 2.06. The van der Waals surface area contributed by atoms with Gasteiger partial charge in [0.05, 0.1) is 0 Å². The fraction of sp³-hybridized carbons (Fsp3) is 0.0714. The molecular formula is C14H13NO2. The Morgan fingerprint density at radius 1 is 1.12 bits per heavy atom. The maximum Gasteiger partial charge on any atom is 0.255 e. The van der Waals surface area contributed by atoms with E-state index in [9.17, 15) is 9.90 Å². The molecule has 0 aliphatic heterocycles. The van der Waals surface area contributed by atoms with Gasteiger partial charge in [0, 0.05) is 11.3 Å². The van der Waals surface area contributed by atoms with Gasteiger partial charge in [-0.1, -0.05) is 23.8 Å². The van der Waals surface area contributed by atoms with Crippen molar-refractivity contribution in [1.82, 2.24) is 0 Å². The predicted octanol–water partition coefficient (Wildman–Crippen LogP) is 2.95. The molecule has 0 bridgehead atoms. The Morgan fingerprint density at radius 3 is 2.47 bits per heavy atom. The first-order valence-electron chi connectivity index (χ1n) is 5.32. The van der Waals surface area contributed by atoms with Crippen molar-refractivity contribution in [3.63, 3.8) is 0 Å². The average Bonchev–Trinajstić information content (AvgIpc) is 2.32. The number of phenolic OH excluding ortho intramolecular Hbond substituents is 1. The van der Waals surface area contributed by atoms with Gasteiger partial charge in [0.25, 0.3) is 5.91 Å². The number of aryl methyl sites for hydroxylation is 1. The second-order valence-electron chi connectivity index (χ2n) is 3.87. The lowest BCUT2D eigenvalue weighted by Gasteiger charge is -2.05. The number of carbonyl (C=O) groups is 1. The molecule has 3 nitrogen and oxygen atoms in total. The Hall–Kier alpha value is -2.29. The lowest BCUT2D eigenvalue weighted by Crippen LogP contribution is -2.11. The largest absolute Gasteiger partial charge is 0.508 e. The van der Waals surface area contributed by atoms with Crippen LogP contribution in [-0.4, -0.2) is 11.0 Å². The van der Waals surface area contributed by atoms with Gasteiger partial charge in [0.15, 0.2) is 0 Å². The van der Waals surface area contributed by atoms with Crippen molar-refractivity contribution in [2.45, 2.75) is 6.92 Å². The Bertz CT molecular complexity index is 532. The topological polar surface area (TPSA) is 49.3 Å². The van der Waals surface area contributed by atoms with E-state index in [1.807, 2.05) is 31.2 Å². The number of rotatable bonds is 2. The molecule has 0 spiro atoms. The number of carbonyl (C=O) groups excluding carboxylic acids is 1. The standard InChI is InChI=1S/C14H13NO2/c1-10-5-7-12(8-6-10)15-14(17)11-3-2-4-13(16)9-11/h2-9,16H,1H3,(H,15,17). The SMILES string of the molecule is Cc1ccc(NC(=O)c2cccc(O)c2)cc1. The third kappa shape index (κ3) is 2.84. The van der Waals surface area contributed by atoms with Gasteiger partial charge >= 0.3 is 0 Å². The van der Waals surface area contributed by atoms with Crippen LogP contribution in [0.5, 0.6) is 5.75 Å². The third-order valence-corrected chi connectivity index (χ3v) is 2.42. The van der Waals surface area contributed by atoms with Crippen LogP contribution in [0.4, 0.5) is 5.69 Å². The van der Waals surface area contributed by atoms with Gasteiger partial charge in [-0.15, -0.1) is 0 Å². The Balaban J connectivity index is 2.14. The van der Waals surface area contributed by atoms with Gasteiger partial charge in [-0.25, -0.2) is 0 Å². The summed E-state index contributed by atoms with van der Waals surface area (Å²) in [4.78, 5) is 11.8. The smallest absolute Gasteiger partial charge is 0.255 e. The van der Waals surface area contributed by atoms with E-state index in [0.29, 0.717) is 5.56 Å². The van der Waals surface area contributed by atoms with Gasteiger partial charge in [-0.3, -0.25) is 4.79 Å². The summed E-state index contributed by atoms with van der Waals surface area (Å²) < 4.78 is 0. The van der Waals surface area contributed by atoms with Crippen LogP contribution in [0.25, 0.3) is 0 Å².